The van der Waals surface area contributed by atoms with Crippen LogP contribution in [0.4, 0.5) is 39.8 Å². The second kappa shape index (κ2) is 14.4. The van der Waals surface area contributed by atoms with E-state index in [9.17, 15) is 0 Å². The highest BCUT2D eigenvalue weighted by Gasteiger charge is 2.17. The van der Waals surface area contributed by atoms with Crippen molar-refractivity contribution in [3.63, 3.8) is 0 Å². The average molecular weight is 538 g/mol. The molecular formula is C38H39N3. The van der Waals surface area contributed by atoms with Gasteiger partial charge >= 0.3 is 0 Å². The molecule has 5 rings (SSSR count). The maximum Gasteiger partial charge on any atom is 0.0469 e. The molecule has 0 amide bonds. The molecule has 0 heterocycles. The first kappa shape index (κ1) is 29.0. The lowest BCUT2D eigenvalue weighted by Crippen LogP contribution is -2.12. The molecule has 0 aliphatic carbocycles. The van der Waals surface area contributed by atoms with E-state index in [1.165, 1.54) is 11.1 Å². The van der Waals surface area contributed by atoms with E-state index < -0.39 is 0 Å². The number of para-hydroxylation sites is 3. The summed E-state index contributed by atoms with van der Waals surface area (Å²) in [5.74, 6) is 0. The lowest BCUT2D eigenvalue weighted by atomic mass is 10.0. The summed E-state index contributed by atoms with van der Waals surface area (Å²) in [6.07, 6.45) is 3.91. The van der Waals surface area contributed by atoms with Crippen LogP contribution in [0.3, 0.4) is 0 Å². The molecule has 0 spiro atoms. The van der Waals surface area contributed by atoms with E-state index in [1.54, 1.807) is 6.08 Å². The number of nitrogens with one attached hydrogen (secondary N) is 1. The summed E-state index contributed by atoms with van der Waals surface area (Å²) in [6.45, 7) is 9.49. The largest absolute Gasteiger partial charge is 0.388 e. The van der Waals surface area contributed by atoms with Gasteiger partial charge in [0, 0.05) is 52.4 Å². The summed E-state index contributed by atoms with van der Waals surface area (Å²) >= 11 is 0. The topological polar surface area (TPSA) is 18.5 Å². The number of benzene rings is 5. The molecule has 0 atom stereocenters. The fourth-order valence-electron chi connectivity index (χ4n) is 4.75. The Kier molecular flexibility index (Phi) is 10.2. The van der Waals surface area contributed by atoms with Gasteiger partial charge in [0.15, 0.2) is 0 Å². The minimum Gasteiger partial charge on any atom is -0.388 e. The van der Waals surface area contributed by atoms with Crippen LogP contribution in [0.15, 0.2) is 152 Å². The SMILES string of the molecule is C/C=C(\C)c1cc(N(c2ccccc2)c2ccc(N(c3ccccc3)c3ccccc3)cc2)ccc1NC.C=CC. The molecular weight excluding hydrogens is 498 g/mol. The Hall–Kier alpha value is -5.02. The monoisotopic (exact) mass is 537 g/mol. The van der Waals surface area contributed by atoms with Crippen molar-refractivity contribution in [1.29, 1.82) is 0 Å². The second-order valence-corrected chi connectivity index (χ2v) is 9.55. The summed E-state index contributed by atoms with van der Waals surface area (Å²) < 4.78 is 0. The maximum absolute atomic E-state index is 3.36. The van der Waals surface area contributed by atoms with E-state index in [4.69, 9.17) is 0 Å². The van der Waals surface area contributed by atoms with Crippen LogP contribution in [0, 0.1) is 0 Å². The van der Waals surface area contributed by atoms with Gasteiger partial charge in [-0.2, -0.15) is 0 Å². The zero-order chi connectivity index (χ0) is 29.0. The molecule has 0 bridgehead atoms. The third-order valence-corrected chi connectivity index (χ3v) is 6.80. The Bertz CT molecular complexity index is 1500. The van der Waals surface area contributed by atoms with E-state index in [0.29, 0.717) is 0 Å². The number of nitrogens with zero attached hydrogens (tertiary/aromatic N) is 2. The molecule has 0 aliphatic heterocycles. The van der Waals surface area contributed by atoms with Crippen LogP contribution in [0.25, 0.3) is 5.57 Å². The number of hydrogen-bond acceptors (Lipinski definition) is 3. The van der Waals surface area contributed by atoms with Crippen molar-refractivity contribution < 1.29 is 0 Å². The Morgan fingerprint density at radius 3 is 1.27 bits per heavy atom. The molecule has 41 heavy (non-hydrogen) atoms. The van der Waals surface area contributed by atoms with Crippen LogP contribution >= 0.6 is 0 Å². The van der Waals surface area contributed by atoms with Gasteiger partial charge in [-0.05, 0) is 105 Å². The van der Waals surface area contributed by atoms with E-state index in [2.05, 4.69) is 175 Å². The van der Waals surface area contributed by atoms with Gasteiger partial charge in [0.1, 0.15) is 0 Å². The van der Waals surface area contributed by atoms with Gasteiger partial charge < -0.3 is 15.1 Å². The quantitative estimate of drug-likeness (QED) is 0.199. The van der Waals surface area contributed by atoms with Crippen molar-refractivity contribution in [1.82, 2.24) is 0 Å². The van der Waals surface area contributed by atoms with Gasteiger partial charge in [-0.25, -0.2) is 0 Å². The highest BCUT2D eigenvalue weighted by Crippen LogP contribution is 2.40. The second-order valence-electron chi connectivity index (χ2n) is 9.55. The standard InChI is InChI=1S/C35H33N3.C3H6/c1-4-27(2)34-26-33(24-25-35(34)36-3)38(30-18-12-7-13-19-30)32-22-20-31(21-23-32)37(28-14-8-5-9-15-28)29-16-10-6-11-17-29;1-3-2/h4-26,36H,1-3H3;3H,1H2,2H3/b27-4+;. The molecule has 5 aromatic carbocycles. The molecule has 0 unspecified atom stereocenters. The number of rotatable bonds is 8. The minimum absolute atomic E-state index is 1.10. The van der Waals surface area contributed by atoms with Crippen molar-refractivity contribution in [2.45, 2.75) is 20.8 Å². The first-order chi connectivity index (χ1) is 20.1. The fraction of sp³-hybridized carbons (Fsp3) is 0.105. The predicted octanol–water partition coefficient (Wildman–Crippen LogP) is 11.3. The molecule has 5 aromatic rings. The van der Waals surface area contributed by atoms with Crippen LogP contribution < -0.4 is 15.1 Å². The maximum atomic E-state index is 3.36. The van der Waals surface area contributed by atoms with E-state index >= 15 is 0 Å². The average Bonchev–Trinajstić information content (AvgIpc) is 3.03. The summed E-state index contributed by atoms with van der Waals surface area (Å²) in [6, 6.07) is 47.0. The van der Waals surface area contributed by atoms with Crippen LogP contribution in [0.5, 0.6) is 0 Å². The molecule has 1 N–H and O–H groups in total. The van der Waals surface area contributed by atoms with Crippen molar-refractivity contribution in [3.05, 3.63) is 158 Å². The summed E-state index contributed by atoms with van der Waals surface area (Å²) in [7, 11) is 1.97. The van der Waals surface area contributed by atoms with Crippen LogP contribution in [-0.2, 0) is 0 Å². The number of allylic oxidation sites excluding steroid dienone is 3. The van der Waals surface area contributed by atoms with Gasteiger partial charge in [-0.3, -0.25) is 0 Å². The molecule has 3 heteroatoms. The minimum atomic E-state index is 1.10. The molecule has 206 valence electrons. The molecule has 0 aliphatic rings. The lowest BCUT2D eigenvalue weighted by Gasteiger charge is -2.29. The summed E-state index contributed by atoms with van der Waals surface area (Å²) in [5.41, 5.74) is 10.2. The Balaban J connectivity index is 0.00000124. The third kappa shape index (κ3) is 6.95. The predicted molar refractivity (Wildman–Crippen MR) is 181 cm³/mol. The lowest BCUT2D eigenvalue weighted by molar-refractivity contribution is 1.25. The van der Waals surface area contributed by atoms with Gasteiger partial charge in [0.2, 0.25) is 0 Å². The normalized spacial score (nSPS) is 10.7. The van der Waals surface area contributed by atoms with Crippen molar-refractivity contribution in [3.8, 4) is 0 Å². The number of anilines is 7. The molecule has 0 fully saturated rings. The van der Waals surface area contributed by atoms with E-state index in [1.807, 2.05) is 14.0 Å². The van der Waals surface area contributed by atoms with Crippen molar-refractivity contribution in [2.24, 2.45) is 0 Å². The van der Waals surface area contributed by atoms with Crippen LogP contribution in [0.2, 0.25) is 0 Å². The molecule has 3 nitrogen and oxygen atoms in total. The van der Waals surface area contributed by atoms with Crippen LogP contribution in [-0.4, -0.2) is 7.05 Å². The smallest absolute Gasteiger partial charge is 0.0469 e. The van der Waals surface area contributed by atoms with Gasteiger partial charge in [-0.15, -0.1) is 6.58 Å². The van der Waals surface area contributed by atoms with Crippen molar-refractivity contribution >= 4 is 45.4 Å². The van der Waals surface area contributed by atoms with E-state index in [-0.39, 0.29) is 0 Å². The van der Waals surface area contributed by atoms with Crippen LogP contribution in [0.1, 0.15) is 26.3 Å². The molecule has 0 aromatic heterocycles. The summed E-state index contributed by atoms with van der Waals surface area (Å²) in [4.78, 5) is 4.59. The van der Waals surface area contributed by atoms with Crippen molar-refractivity contribution in [2.75, 3.05) is 22.2 Å². The molecule has 0 saturated carbocycles. The Morgan fingerprint density at radius 1 is 0.561 bits per heavy atom. The zero-order valence-electron chi connectivity index (χ0n) is 24.5. The van der Waals surface area contributed by atoms with Gasteiger partial charge in [0.25, 0.3) is 0 Å². The zero-order valence-corrected chi connectivity index (χ0v) is 24.5. The third-order valence-electron chi connectivity index (χ3n) is 6.80. The van der Waals surface area contributed by atoms with Gasteiger partial charge in [0.05, 0.1) is 0 Å². The molecule has 0 saturated heterocycles. The first-order valence-corrected chi connectivity index (χ1v) is 14.0. The fourth-order valence-corrected chi connectivity index (χ4v) is 4.75. The highest BCUT2D eigenvalue weighted by molar-refractivity contribution is 5.85. The highest BCUT2D eigenvalue weighted by atomic mass is 15.2. The molecule has 0 radical (unpaired) electrons. The van der Waals surface area contributed by atoms with Gasteiger partial charge in [-0.1, -0.05) is 66.7 Å². The Labute approximate surface area is 245 Å². The summed E-state index contributed by atoms with van der Waals surface area (Å²) in [5, 5.41) is 3.34. The Morgan fingerprint density at radius 2 is 0.902 bits per heavy atom. The first-order valence-electron chi connectivity index (χ1n) is 14.0. The number of hydrogen-bond donors (Lipinski definition) is 1. The van der Waals surface area contributed by atoms with E-state index in [0.717, 1.165) is 39.8 Å².